The lowest BCUT2D eigenvalue weighted by Gasteiger charge is -2.10. The minimum Gasteiger partial charge on any atom is -0.349 e. The van der Waals surface area contributed by atoms with Gasteiger partial charge in [0.25, 0.3) is 0 Å². The fourth-order valence-electron chi connectivity index (χ4n) is 1.31. The molecule has 5 heteroatoms. The fraction of sp³-hybridized carbons (Fsp3) is 0.556. The number of nitrogens with zero attached hydrogens (tertiary/aromatic N) is 1. The molecular formula is C9H16N2O2S. The molecule has 0 aliphatic heterocycles. The van der Waals surface area contributed by atoms with Gasteiger partial charge in [0.2, 0.25) is 0 Å². The van der Waals surface area contributed by atoms with Gasteiger partial charge >= 0.3 is 0 Å². The van der Waals surface area contributed by atoms with Gasteiger partial charge in [-0.2, -0.15) is 0 Å². The lowest BCUT2D eigenvalue weighted by molar-refractivity contribution is 0.589. The standard InChI is InChI=1S/C9H16N2O2S/c1-8(10)9-4-3-5-11(9)6-7-14(2,12)13/h3-5,8H,6-7,10H2,1-2H3. The Morgan fingerprint density at radius 1 is 1.57 bits per heavy atom. The molecule has 0 aromatic carbocycles. The van der Waals surface area contributed by atoms with Crippen LogP contribution in [0.1, 0.15) is 18.7 Å². The van der Waals surface area contributed by atoms with Gasteiger partial charge < -0.3 is 10.3 Å². The monoisotopic (exact) mass is 216 g/mol. The number of hydrogen-bond donors (Lipinski definition) is 1. The molecule has 1 aromatic rings. The summed E-state index contributed by atoms with van der Waals surface area (Å²) in [5.41, 5.74) is 6.69. The maximum atomic E-state index is 11.0. The van der Waals surface area contributed by atoms with Crippen LogP contribution >= 0.6 is 0 Å². The van der Waals surface area contributed by atoms with Gasteiger partial charge in [0, 0.05) is 30.7 Å². The third kappa shape index (κ3) is 3.16. The van der Waals surface area contributed by atoms with E-state index in [9.17, 15) is 8.42 Å². The van der Waals surface area contributed by atoms with Crippen LogP contribution in [0.4, 0.5) is 0 Å². The van der Waals surface area contributed by atoms with Gasteiger partial charge in [0.15, 0.2) is 0 Å². The van der Waals surface area contributed by atoms with Crippen molar-refractivity contribution in [3.8, 4) is 0 Å². The van der Waals surface area contributed by atoms with Gasteiger partial charge in [-0.25, -0.2) is 8.42 Å². The van der Waals surface area contributed by atoms with Crippen LogP contribution in [-0.2, 0) is 16.4 Å². The third-order valence-electron chi connectivity index (χ3n) is 2.03. The Hall–Kier alpha value is -0.810. The summed E-state index contributed by atoms with van der Waals surface area (Å²) in [4.78, 5) is 0. The van der Waals surface area contributed by atoms with Crippen LogP contribution in [-0.4, -0.2) is 25.0 Å². The summed E-state index contributed by atoms with van der Waals surface area (Å²) in [6.45, 7) is 2.36. The first-order chi connectivity index (χ1) is 6.40. The molecule has 0 aliphatic carbocycles. The van der Waals surface area contributed by atoms with Gasteiger partial charge in [-0.1, -0.05) is 0 Å². The van der Waals surface area contributed by atoms with E-state index in [1.807, 2.05) is 29.8 Å². The minimum atomic E-state index is -2.90. The van der Waals surface area contributed by atoms with E-state index in [1.54, 1.807) is 0 Å². The number of nitrogens with two attached hydrogens (primary N) is 1. The predicted octanol–water partition coefficient (Wildman–Crippen LogP) is 0.552. The van der Waals surface area contributed by atoms with Crippen LogP contribution in [0.15, 0.2) is 18.3 Å². The summed E-state index contributed by atoms with van der Waals surface area (Å²) >= 11 is 0. The first-order valence-corrected chi connectivity index (χ1v) is 6.54. The molecule has 1 heterocycles. The molecule has 0 saturated carbocycles. The molecule has 4 nitrogen and oxygen atoms in total. The Balaban J connectivity index is 2.72. The molecule has 80 valence electrons. The Labute approximate surface area is 84.6 Å². The normalized spacial score (nSPS) is 14.2. The maximum absolute atomic E-state index is 11.0. The average Bonchev–Trinajstić information content (AvgIpc) is 2.46. The van der Waals surface area contributed by atoms with Crippen molar-refractivity contribution in [1.29, 1.82) is 0 Å². The van der Waals surface area contributed by atoms with Crippen molar-refractivity contribution in [2.24, 2.45) is 5.73 Å². The third-order valence-corrected chi connectivity index (χ3v) is 2.96. The van der Waals surface area contributed by atoms with E-state index in [0.29, 0.717) is 6.54 Å². The van der Waals surface area contributed by atoms with Crippen molar-refractivity contribution in [1.82, 2.24) is 4.57 Å². The first-order valence-electron chi connectivity index (χ1n) is 4.48. The van der Waals surface area contributed by atoms with Crippen LogP contribution in [0.3, 0.4) is 0 Å². The van der Waals surface area contributed by atoms with E-state index in [0.717, 1.165) is 5.69 Å². The number of aryl methyl sites for hydroxylation is 1. The topological polar surface area (TPSA) is 65.1 Å². The van der Waals surface area contributed by atoms with Crippen molar-refractivity contribution in [3.05, 3.63) is 24.0 Å². The van der Waals surface area contributed by atoms with Gasteiger partial charge in [-0.3, -0.25) is 0 Å². The molecule has 14 heavy (non-hydrogen) atoms. The smallest absolute Gasteiger partial charge is 0.149 e. The summed E-state index contributed by atoms with van der Waals surface area (Å²) in [5.74, 6) is 0.154. The van der Waals surface area contributed by atoms with E-state index in [2.05, 4.69) is 0 Å². The summed E-state index contributed by atoms with van der Waals surface area (Å²) in [6, 6.07) is 3.72. The highest BCUT2D eigenvalue weighted by molar-refractivity contribution is 7.90. The maximum Gasteiger partial charge on any atom is 0.149 e. The molecule has 1 rings (SSSR count). The first kappa shape index (κ1) is 11.3. The van der Waals surface area contributed by atoms with Crippen molar-refractivity contribution in [2.75, 3.05) is 12.0 Å². The molecule has 2 N–H and O–H groups in total. The van der Waals surface area contributed by atoms with E-state index >= 15 is 0 Å². The molecule has 0 radical (unpaired) electrons. The Morgan fingerprint density at radius 2 is 2.21 bits per heavy atom. The molecule has 0 amide bonds. The van der Waals surface area contributed by atoms with Crippen molar-refractivity contribution >= 4 is 9.84 Å². The lowest BCUT2D eigenvalue weighted by atomic mass is 10.2. The second-order valence-corrected chi connectivity index (χ2v) is 5.80. The Morgan fingerprint density at radius 3 is 2.71 bits per heavy atom. The van der Waals surface area contributed by atoms with Crippen LogP contribution in [0.5, 0.6) is 0 Å². The van der Waals surface area contributed by atoms with Gasteiger partial charge in [0.1, 0.15) is 9.84 Å². The zero-order valence-corrected chi connectivity index (χ0v) is 9.29. The van der Waals surface area contributed by atoms with Crippen LogP contribution in [0.25, 0.3) is 0 Å². The second kappa shape index (κ2) is 4.14. The molecule has 0 aliphatic rings. The number of sulfone groups is 1. The summed E-state index contributed by atoms with van der Waals surface area (Å²) in [6.07, 6.45) is 3.09. The molecule has 0 spiro atoms. The van der Waals surface area contributed by atoms with Crippen molar-refractivity contribution in [2.45, 2.75) is 19.5 Å². The summed E-state index contributed by atoms with van der Waals surface area (Å²) in [7, 11) is -2.90. The van der Waals surface area contributed by atoms with Crippen LogP contribution in [0.2, 0.25) is 0 Å². The van der Waals surface area contributed by atoms with Crippen molar-refractivity contribution in [3.63, 3.8) is 0 Å². The van der Waals surface area contributed by atoms with E-state index in [1.165, 1.54) is 6.26 Å². The highest BCUT2D eigenvalue weighted by atomic mass is 32.2. The molecule has 0 bridgehead atoms. The molecule has 1 atom stereocenters. The largest absolute Gasteiger partial charge is 0.349 e. The summed E-state index contributed by atoms with van der Waals surface area (Å²) < 4.78 is 23.8. The van der Waals surface area contributed by atoms with E-state index < -0.39 is 9.84 Å². The molecule has 0 fully saturated rings. The van der Waals surface area contributed by atoms with Crippen LogP contribution < -0.4 is 5.73 Å². The molecule has 1 aromatic heterocycles. The van der Waals surface area contributed by atoms with Crippen molar-refractivity contribution < 1.29 is 8.42 Å². The Bertz CT molecular complexity index is 393. The van der Waals surface area contributed by atoms with Crippen LogP contribution in [0, 0.1) is 0 Å². The average molecular weight is 216 g/mol. The van der Waals surface area contributed by atoms with Gasteiger partial charge in [-0.05, 0) is 19.1 Å². The summed E-state index contributed by atoms with van der Waals surface area (Å²) in [5, 5.41) is 0. The predicted molar refractivity (Wildman–Crippen MR) is 56.7 cm³/mol. The van der Waals surface area contributed by atoms with Gasteiger partial charge in [0.05, 0.1) is 5.75 Å². The van der Waals surface area contributed by atoms with E-state index in [4.69, 9.17) is 5.73 Å². The molecule has 0 saturated heterocycles. The highest BCUT2D eigenvalue weighted by Crippen LogP contribution is 2.10. The number of aromatic nitrogens is 1. The Kier molecular flexibility index (Phi) is 3.34. The quantitative estimate of drug-likeness (QED) is 0.799. The van der Waals surface area contributed by atoms with Gasteiger partial charge in [-0.15, -0.1) is 0 Å². The lowest BCUT2D eigenvalue weighted by Crippen LogP contribution is -2.16. The fourth-order valence-corrected chi connectivity index (χ4v) is 1.84. The minimum absolute atomic E-state index is 0.0652. The highest BCUT2D eigenvalue weighted by Gasteiger charge is 2.07. The second-order valence-electron chi connectivity index (χ2n) is 3.54. The molecular weight excluding hydrogens is 200 g/mol. The zero-order chi connectivity index (χ0) is 10.8. The van der Waals surface area contributed by atoms with E-state index in [-0.39, 0.29) is 11.8 Å². The zero-order valence-electron chi connectivity index (χ0n) is 8.47. The number of rotatable bonds is 4. The molecule has 1 unspecified atom stereocenters. The SMILES string of the molecule is CC(N)c1cccn1CCS(C)(=O)=O. The number of hydrogen-bond acceptors (Lipinski definition) is 3.